The number of hydrogen-bond acceptors (Lipinski definition) is 5. The number of amides is 1. The number of anilines is 1. The number of aliphatic carboxylic acids is 1. The number of hydrogen-bond donors (Lipinski definition) is 2. The number of carboxylic acid groups (broad SMARTS) is 1. The van der Waals surface area contributed by atoms with Gasteiger partial charge in [-0.1, -0.05) is 40.2 Å². The van der Waals surface area contributed by atoms with Gasteiger partial charge >= 0.3 is 11.9 Å². The summed E-state index contributed by atoms with van der Waals surface area (Å²) >= 11 is 4.59. The summed E-state index contributed by atoms with van der Waals surface area (Å²) in [5.41, 5.74) is 1.73. The Morgan fingerprint density at radius 1 is 1.14 bits per heavy atom. The fourth-order valence-corrected chi connectivity index (χ4v) is 4.40. The molecule has 6 nitrogen and oxygen atoms in total. The Morgan fingerprint density at radius 2 is 1.79 bits per heavy atom. The molecule has 0 saturated heterocycles. The maximum atomic E-state index is 12.8. The number of halogens is 1. The molecule has 0 fully saturated rings. The number of allylic oxidation sites excluding steroid dienone is 2. The first-order valence-corrected chi connectivity index (χ1v) is 10.2. The van der Waals surface area contributed by atoms with E-state index in [9.17, 15) is 19.5 Å². The summed E-state index contributed by atoms with van der Waals surface area (Å²) < 4.78 is 5.82. The summed E-state index contributed by atoms with van der Waals surface area (Å²) in [6.07, 6.45) is 4.25. The molecule has 2 N–H and O–H groups in total. The lowest BCUT2D eigenvalue weighted by Crippen LogP contribution is -2.34. The van der Waals surface area contributed by atoms with Crippen molar-refractivity contribution in [3.8, 4) is 11.1 Å². The van der Waals surface area contributed by atoms with Crippen molar-refractivity contribution in [3.05, 3.63) is 51.8 Å². The quantitative estimate of drug-likeness (QED) is 0.500. The molecule has 0 radical (unpaired) electrons. The molecular weight excluding hydrogens is 446 g/mol. The average Bonchev–Trinajstić information content (AvgIpc) is 3.11. The van der Waals surface area contributed by atoms with E-state index in [1.165, 1.54) is 18.4 Å². The van der Waals surface area contributed by atoms with E-state index in [0.29, 0.717) is 23.4 Å². The molecule has 1 aromatic heterocycles. The van der Waals surface area contributed by atoms with Crippen molar-refractivity contribution < 1.29 is 24.2 Å². The van der Waals surface area contributed by atoms with Crippen LogP contribution in [0.25, 0.3) is 11.1 Å². The van der Waals surface area contributed by atoms with Crippen molar-refractivity contribution in [2.24, 2.45) is 11.8 Å². The molecule has 28 heavy (non-hydrogen) atoms. The maximum Gasteiger partial charge on any atom is 0.341 e. The molecule has 3 rings (SSSR count). The second-order valence-corrected chi connectivity index (χ2v) is 8.13. The predicted octanol–water partition coefficient (Wildman–Crippen LogP) is 4.57. The SMILES string of the molecule is COC(=O)c1c(-c2ccc(Br)cc2)csc1NC(=O)[C@@H]1CC=CC[C@H]1C(=O)O. The molecule has 1 aliphatic rings. The molecule has 1 aromatic carbocycles. The fourth-order valence-electron chi connectivity index (χ4n) is 3.18. The van der Waals surface area contributed by atoms with Gasteiger partial charge in [-0.15, -0.1) is 11.3 Å². The Balaban J connectivity index is 1.92. The number of methoxy groups -OCH3 is 1. The summed E-state index contributed by atoms with van der Waals surface area (Å²) in [6, 6.07) is 7.43. The average molecular weight is 464 g/mol. The second kappa shape index (κ2) is 8.70. The highest BCUT2D eigenvalue weighted by Gasteiger charge is 2.35. The predicted molar refractivity (Wildman–Crippen MR) is 110 cm³/mol. The summed E-state index contributed by atoms with van der Waals surface area (Å²) in [6.45, 7) is 0. The zero-order valence-electron chi connectivity index (χ0n) is 15.0. The smallest absolute Gasteiger partial charge is 0.341 e. The van der Waals surface area contributed by atoms with Crippen LogP contribution >= 0.6 is 27.3 Å². The van der Waals surface area contributed by atoms with E-state index in [0.717, 1.165) is 10.0 Å². The minimum Gasteiger partial charge on any atom is -0.481 e. The zero-order valence-corrected chi connectivity index (χ0v) is 17.4. The minimum absolute atomic E-state index is 0.265. The first kappa shape index (κ1) is 20.3. The van der Waals surface area contributed by atoms with E-state index in [2.05, 4.69) is 21.2 Å². The Bertz CT molecular complexity index is 935. The molecule has 1 aliphatic carbocycles. The van der Waals surface area contributed by atoms with Crippen molar-refractivity contribution in [2.45, 2.75) is 12.8 Å². The van der Waals surface area contributed by atoms with Crippen molar-refractivity contribution >= 4 is 50.1 Å². The van der Waals surface area contributed by atoms with Crippen molar-refractivity contribution in [1.29, 1.82) is 0 Å². The number of carbonyl (C=O) groups is 3. The van der Waals surface area contributed by atoms with E-state index in [4.69, 9.17) is 4.74 Å². The standard InChI is InChI=1S/C20H18BrNO5S/c1-27-20(26)16-15(11-6-8-12(21)9-7-11)10-28-18(16)22-17(23)13-4-2-3-5-14(13)19(24)25/h2-3,6-10,13-14H,4-5H2,1H3,(H,22,23)(H,24,25)/t13-,14-/m1/s1. The Kier molecular flexibility index (Phi) is 6.31. The van der Waals surface area contributed by atoms with E-state index in [1.54, 1.807) is 11.5 Å². The molecule has 0 spiro atoms. The van der Waals surface area contributed by atoms with Crippen LogP contribution in [0.3, 0.4) is 0 Å². The molecule has 1 heterocycles. The summed E-state index contributed by atoms with van der Waals surface area (Å²) in [7, 11) is 1.28. The van der Waals surface area contributed by atoms with Crippen LogP contribution in [0.15, 0.2) is 46.3 Å². The molecule has 1 amide bonds. The van der Waals surface area contributed by atoms with E-state index >= 15 is 0 Å². The van der Waals surface area contributed by atoms with Crippen LogP contribution in [0.4, 0.5) is 5.00 Å². The lowest BCUT2D eigenvalue weighted by Gasteiger charge is -2.24. The number of nitrogens with one attached hydrogen (secondary N) is 1. The lowest BCUT2D eigenvalue weighted by molar-refractivity contribution is -0.146. The van der Waals surface area contributed by atoms with E-state index < -0.39 is 29.7 Å². The lowest BCUT2D eigenvalue weighted by atomic mass is 9.82. The second-order valence-electron chi connectivity index (χ2n) is 6.34. The molecule has 0 unspecified atom stereocenters. The van der Waals surface area contributed by atoms with Crippen molar-refractivity contribution in [1.82, 2.24) is 0 Å². The monoisotopic (exact) mass is 463 g/mol. The van der Waals surface area contributed by atoms with E-state index in [1.807, 2.05) is 30.3 Å². The van der Waals surface area contributed by atoms with Gasteiger partial charge in [0.15, 0.2) is 0 Å². The van der Waals surface area contributed by atoms with Crippen molar-refractivity contribution in [3.63, 3.8) is 0 Å². The van der Waals surface area contributed by atoms with Gasteiger partial charge in [-0.25, -0.2) is 4.79 Å². The molecule has 0 saturated carbocycles. The molecule has 2 atom stereocenters. The minimum atomic E-state index is -1.00. The fraction of sp³-hybridized carbons (Fsp3) is 0.250. The molecule has 0 aliphatic heterocycles. The highest BCUT2D eigenvalue weighted by atomic mass is 79.9. The first-order chi connectivity index (χ1) is 13.4. The number of carboxylic acids is 1. The van der Waals surface area contributed by atoms with Gasteiger partial charge in [-0.05, 0) is 30.5 Å². The van der Waals surface area contributed by atoms with Gasteiger partial charge in [0, 0.05) is 15.4 Å². The van der Waals surface area contributed by atoms with Crippen LogP contribution in [0.5, 0.6) is 0 Å². The number of carbonyl (C=O) groups excluding carboxylic acids is 2. The van der Waals surface area contributed by atoms with Gasteiger partial charge < -0.3 is 15.2 Å². The number of rotatable bonds is 5. The summed E-state index contributed by atoms with van der Waals surface area (Å²) in [4.78, 5) is 36.7. The Hall–Kier alpha value is -2.45. The van der Waals surface area contributed by atoms with E-state index in [-0.39, 0.29) is 5.56 Å². The van der Waals surface area contributed by atoms with Gasteiger partial charge in [-0.3, -0.25) is 9.59 Å². The van der Waals surface area contributed by atoms with Crippen molar-refractivity contribution in [2.75, 3.05) is 12.4 Å². The summed E-state index contributed by atoms with van der Waals surface area (Å²) in [5.74, 6) is -3.44. The maximum absolute atomic E-state index is 12.8. The van der Waals surface area contributed by atoms with Gasteiger partial charge in [0.2, 0.25) is 5.91 Å². The van der Waals surface area contributed by atoms with Gasteiger partial charge in [0.05, 0.1) is 18.9 Å². The molecular formula is C20H18BrNO5S. The Labute approximate surface area is 174 Å². The molecule has 146 valence electrons. The van der Waals surface area contributed by atoms with Crippen LogP contribution in [-0.2, 0) is 14.3 Å². The number of thiophene rings is 1. The third kappa shape index (κ3) is 4.18. The highest BCUT2D eigenvalue weighted by Crippen LogP contribution is 2.37. The van der Waals surface area contributed by atoms with Crippen LogP contribution in [0.2, 0.25) is 0 Å². The van der Waals surface area contributed by atoms with Gasteiger partial charge in [-0.2, -0.15) is 0 Å². The molecule has 8 heteroatoms. The normalized spacial score (nSPS) is 18.5. The van der Waals surface area contributed by atoms with Crippen LogP contribution < -0.4 is 5.32 Å². The van der Waals surface area contributed by atoms with Gasteiger partial charge in [0.25, 0.3) is 0 Å². The molecule has 2 aromatic rings. The third-order valence-electron chi connectivity index (χ3n) is 4.66. The van der Waals surface area contributed by atoms with Gasteiger partial charge in [0.1, 0.15) is 10.6 Å². The largest absolute Gasteiger partial charge is 0.481 e. The van der Waals surface area contributed by atoms with Crippen LogP contribution in [0, 0.1) is 11.8 Å². The first-order valence-electron chi connectivity index (χ1n) is 8.56. The van der Waals surface area contributed by atoms with Crippen LogP contribution in [0.1, 0.15) is 23.2 Å². The molecule has 0 bridgehead atoms. The summed E-state index contributed by atoms with van der Waals surface area (Å²) in [5, 5.41) is 14.3. The zero-order chi connectivity index (χ0) is 20.3. The topological polar surface area (TPSA) is 92.7 Å². The number of benzene rings is 1. The van der Waals surface area contributed by atoms with Crippen LogP contribution in [-0.4, -0.2) is 30.1 Å². The number of ether oxygens (including phenoxy) is 1. The highest BCUT2D eigenvalue weighted by molar-refractivity contribution is 9.10. The number of esters is 1. The Morgan fingerprint density at radius 3 is 2.39 bits per heavy atom. The third-order valence-corrected chi connectivity index (χ3v) is 6.08.